The van der Waals surface area contributed by atoms with Gasteiger partial charge in [-0.05, 0) is 38.1 Å². The number of thiophene rings is 1. The van der Waals surface area contributed by atoms with Crippen molar-refractivity contribution in [1.29, 1.82) is 0 Å². The molecule has 0 unspecified atom stereocenters. The molecule has 0 aliphatic carbocycles. The maximum absolute atomic E-state index is 5.50. The van der Waals surface area contributed by atoms with Crippen LogP contribution in [0.5, 0.6) is 0 Å². The van der Waals surface area contributed by atoms with Crippen LogP contribution in [0.25, 0.3) is 10.2 Å². The van der Waals surface area contributed by atoms with Crippen LogP contribution in [0.3, 0.4) is 0 Å². The monoisotopic (exact) mass is 265 g/mol. The van der Waals surface area contributed by atoms with Crippen LogP contribution in [0.1, 0.15) is 26.7 Å². The van der Waals surface area contributed by atoms with Gasteiger partial charge in [0, 0.05) is 13.2 Å². The number of anilines is 1. The topological polar surface area (TPSA) is 47.0 Å². The molecular formula is C13H19N3OS. The van der Waals surface area contributed by atoms with E-state index in [0.717, 1.165) is 42.0 Å². The number of unbranched alkanes of at least 4 members (excludes halogenated alkanes) is 1. The second kappa shape index (κ2) is 6.66. The van der Waals surface area contributed by atoms with E-state index in [-0.39, 0.29) is 0 Å². The number of hydrogen-bond acceptors (Lipinski definition) is 5. The van der Waals surface area contributed by atoms with Crippen LogP contribution in [-0.2, 0) is 4.74 Å². The van der Waals surface area contributed by atoms with Crippen molar-refractivity contribution in [2.75, 3.05) is 18.5 Å². The number of rotatable bonds is 7. The van der Waals surface area contributed by atoms with Crippen LogP contribution in [-0.4, -0.2) is 29.2 Å². The summed E-state index contributed by atoms with van der Waals surface area (Å²) in [5.41, 5.74) is 0. The van der Waals surface area contributed by atoms with Crippen molar-refractivity contribution in [2.45, 2.75) is 32.8 Å². The van der Waals surface area contributed by atoms with Crippen LogP contribution in [0.2, 0.25) is 0 Å². The van der Waals surface area contributed by atoms with Gasteiger partial charge in [0.15, 0.2) is 0 Å². The van der Waals surface area contributed by atoms with Crippen LogP contribution in [0.4, 0.5) is 5.82 Å². The molecule has 0 atom stereocenters. The van der Waals surface area contributed by atoms with Gasteiger partial charge in [0.1, 0.15) is 17.0 Å². The average molecular weight is 265 g/mol. The molecule has 0 fully saturated rings. The molecule has 0 radical (unpaired) electrons. The molecule has 0 aliphatic rings. The first kappa shape index (κ1) is 13.2. The summed E-state index contributed by atoms with van der Waals surface area (Å²) < 4.78 is 5.50. The molecule has 1 N–H and O–H groups in total. The molecular weight excluding hydrogens is 246 g/mol. The number of ether oxygens (including phenoxy) is 1. The molecule has 0 amide bonds. The Balaban J connectivity index is 1.75. The highest BCUT2D eigenvalue weighted by Crippen LogP contribution is 2.23. The average Bonchev–Trinajstić information content (AvgIpc) is 2.82. The lowest BCUT2D eigenvalue weighted by Gasteiger charge is -2.08. The van der Waals surface area contributed by atoms with Crippen molar-refractivity contribution < 1.29 is 4.74 Å². The summed E-state index contributed by atoms with van der Waals surface area (Å²) in [6, 6.07) is 2.06. The van der Waals surface area contributed by atoms with E-state index >= 15 is 0 Å². The van der Waals surface area contributed by atoms with E-state index in [4.69, 9.17) is 4.74 Å². The van der Waals surface area contributed by atoms with Crippen molar-refractivity contribution in [3.05, 3.63) is 17.8 Å². The molecule has 2 aromatic heterocycles. The predicted octanol–water partition coefficient (Wildman–Crippen LogP) is 3.31. The van der Waals surface area contributed by atoms with Crippen LogP contribution in [0, 0.1) is 0 Å². The normalized spacial score (nSPS) is 11.3. The SMILES string of the molecule is CC(C)OCCCCNc1ncnc2sccc12. The fourth-order valence-electron chi connectivity index (χ4n) is 1.68. The lowest BCUT2D eigenvalue weighted by molar-refractivity contribution is 0.0765. The predicted molar refractivity (Wildman–Crippen MR) is 76.2 cm³/mol. The third-order valence-electron chi connectivity index (χ3n) is 2.58. The van der Waals surface area contributed by atoms with Crippen LogP contribution >= 0.6 is 11.3 Å². The summed E-state index contributed by atoms with van der Waals surface area (Å²) in [5, 5.41) is 6.52. The summed E-state index contributed by atoms with van der Waals surface area (Å²) in [5.74, 6) is 0.936. The Morgan fingerprint density at radius 1 is 1.33 bits per heavy atom. The third-order valence-corrected chi connectivity index (χ3v) is 3.40. The Hall–Kier alpha value is -1.20. The van der Waals surface area contributed by atoms with Gasteiger partial charge in [-0.3, -0.25) is 0 Å². The number of aromatic nitrogens is 2. The minimum absolute atomic E-state index is 0.324. The van der Waals surface area contributed by atoms with E-state index in [1.54, 1.807) is 17.7 Å². The molecule has 0 bridgehead atoms. The van der Waals surface area contributed by atoms with Gasteiger partial charge in [-0.25, -0.2) is 9.97 Å². The molecule has 98 valence electrons. The van der Waals surface area contributed by atoms with Crippen molar-refractivity contribution in [3.63, 3.8) is 0 Å². The molecule has 2 aromatic rings. The molecule has 0 saturated carbocycles. The molecule has 0 aliphatic heterocycles. The fraction of sp³-hybridized carbons (Fsp3) is 0.538. The largest absolute Gasteiger partial charge is 0.379 e. The smallest absolute Gasteiger partial charge is 0.138 e. The summed E-state index contributed by atoms with van der Waals surface area (Å²) in [7, 11) is 0. The Labute approximate surface area is 111 Å². The van der Waals surface area contributed by atoms with E-state index in [2.05, 4.69) is 35.2 Å². The van der Waals surface area contributed by atoms with Crippen LogP contribution in [0.15, 0.2) is 17.8 Å². The Kier molecular flexibility index (Phi) is 4.90. The minimum Gasteiger partial charge on any atom is -0.379 e. The summed E-state index contributed by atoms with van der Waals surface area (Å²) in [4.78, 5) is 9.54. The van der Waals surface area contributed by atoms with Gasteiger partial charge < -0.3 is 10.1 Å². The number of nitrogens with zero attached hydrogens (tertiary/aromatic N) is 2. The molecule has 0 spiro atoms. The molecule has 0 saturated heterocycles. The minimum atomic E-state index is 0.324. The van der Waals surface area contributed by atoms with Gasteiger partial charge in [-0.1, -0.05) is 0 Å². The molecule has 4 nitrogen and oxygen atoms in total. The molecule has 18 heavy (non-hydrogen) atoms. The maximum atomic E-state index is 5.50. The number of hydrogen-bond donors (Lipinski definition) is 1. The maximum Gasteiger partial charge on any atom is 0.138 e. The third kappa shape index (κ3) is 3.65. The van der Waals surface area contributed by atoms with E-state index in [1.165, 1.54) is 0 Å². The van der Waals surface area contributed by atoms with Crippen molar-refractivity contribution in [3.8, 4) is 0 Å². The van der Waals surface area contributed by atoms with Gasteiger partial charge in [-0.2, -0.15) is 0 Å². The zero-order chi connectivity index (χ0) is 12.8. The second-order valence-corrected chi connectivity index (χ2v) is 5.31. The van der Waals surface area contributed by atoms with Crippen LogP contribution < -0.4 is 5.32 Å². The van der Waals surface area contributed by atoms with Gasteiger partial charge in [-0.15, -0.1) is 11.3 Å². The summed E-state index contributed by atoms with van der Waals surface area (Å²) in [6.45, 7) is 5.87. The molecule has 0 aromatic carbocycles. The Morgan fingerprint density at radius 2 is 2.22 bits per heavy atom. The zero-order valence-electron chi connectivity index (χ0n) is 10.8. The lowest BCUT2D eigenvalue weighted by Crippen LogP contribution is -2.07. The summed E-state index contributed by atoms with van der Waals surface area (Å²) in [6.07, 6.45) is 4.10. The van der Waals surface area contributed by atoms with Gasteiger partial charge in [0.2, 0.25) is 0 Å². The molecule has 5 heteroatoms. The molecule has 2 heterocycles. The zero-order valence-corrected chi connectivity index (χ0v) is 11.7. The van der Waals surface area contributed by atoms with Gasteiger partial charge in [0.05, 0.1) is 11.5 Å². The number of fused-ring (bicyclic) bond motifs is 1. The molecule has 2 rings (SSSR count). The lowest BCUT2D eigenvalue weighted by atomic mass is 10.3. The first-order chi connectivity index (χ1) is 8.77. The van der Waals surface area contributed by atoms with Crippen molar-refractivity contribution in [2.24, 2.45) is 0 Å². The van der Waals surface area contributed by atoms with E-state index in [1.807, 2.05) is 5.38 Å². The van der Waals surface area contributed by atoms with E-state index < -0.39 is 0 Å². The van der Waals surface area contributed by atoms with E-state index in [0.29, 0.717) is 6.10 Å². The highest BCUT2D eigenvalue weighted by Gasteiger charge is 2.03. The van der Waals surface area contributed by atoms with Gasteiger partial charge >= 0.3 is 0 Å². The second-order valence-electron chi connectivity index (χ2n) is 4.42. The van der Waals surface area contributed by atoms with Crippen molar-refractivity contribution in [1.82, 2.24) is 9.97 Å². The number of nitrogens with one attached hydrogen (secondary N) is 1. The highest BCUT2D eigenvalue weighted by molar-refractivity contribution is 7.16. The highest BCUT2D eigenvalue weighted by atomic mass is 32.1. The van der Waals surface area contributed by atoms with Gasteiger partial charge in [0.25, 0.3) is 0 Å². The first-order valence-corrected chi connectivity index (χ1v) is 7.19. The summed E-state index contributed by atoms with van der Waals surface area (Å²) >= 11 is 1.64. The van der Waals surface area contributed by atoms with Crippen molar-refractivity contribution >= 4 is 27.4 Å². The quantitative estimate of drug-likeness (QED) is 0.780. The first-order valence-electron chi connectivity index (χ1n) is 6.31. The Bertz CT molecular complexity index is 484. The Morgan fingerprint density at radius 3 is 3.06 bits per heavy atom. The standard InChI is InChI=1S/C13H19N3OS/c1-10(2)17-7-4-3-6-14-12-11-5-8-18-13(11)16-9-15-12/h5,8-10H,3-4,6-7H2,1-2H3,(H,14,15,16). The fourth-order valence-corrected chi connectivity index (χ4v) is 2.42. The van der Waals surface area contributed by atoms with E-state index in [9.17, 15) is 0 Å².